The number of hydrogen-bond donors (Lipinski definition) is 4. The first kappa shape index (κ1) is 29.8. The Morgan fingerprint density at radius 1 is 0.897 bits per heavy atom. The maximum atomic E-state index is 13.5. The van der Waals surface area contributed by atoms with E-state index in [0.717, 1.165) is 25.9 Å². The van der Waals surface area contributed by atoms with E-state index in [2.05, 4.69) is 15.4 Å². The smallest absolute Gasteiger partial charge is 0.262 e. The van der Waals surface area contributed by atoms with Gasteiger partial charge in [-0.3, -0.25) is 19.1 Å². The van der Waals surface area contributed by atoms with Gasteiger partial charge in [-0.1, -0.05) is 42.5 Å². The van der Waals surface area contributed by atoms with Crippen LogP contribution in [0.15, 0.2) is 77.7 Å². The first-order chi connectivity index (χ1) is 18.2. The average molecular weight is 571 g/mol. The van der Waals surface area contributed by atoms with Crippen LogP contribution in [0.5, 0.6) is 0 Å². The van der Waals surface area contributed by atoms with Crippen LogP contribution in [-0.2, 0) is 21.2 Å². The van der Waals surface area contributed by atoms with Crippen LogP contribution in [-0.4, -0.2) is 45.6 Å². The molecule has 0 aromatic heterocycles. The highest BCUT2D eigenvalue weighted by atomic mass is 35.5. The van der Waals surface area contributed by atoms with Crippen LogP contribution in [0.4, 0.5) is 5.69 Å². The van der Waals surface area contributed by atoms with Crippen LogP contribution < -0.4 is 21.1 Å². The standard InChI is InChI=1S/C28H30N4O5S.ClH/c29-28(35)21-10-11-25(22(16-21)17-26(33)31-18-19-12-14-30-15-13-19)38(36,37)32-24-9-5-4-8-23(24)27(34)20-6-2-1-3-7-20;/h1-11,16,19,30,32H,12-15,17-18H2,(H2,29,35)(H,31,33);1H. The van der Waals surface area contributed by atoms with E-state index >= 15 is 0 Å². The number of sulfonamides is 1. The fourth-order valence-electron chi connectivity index (χ4n) is 4.43. The number of piperidine rings is 1. The summed E-state index contributed by atoms with van der Waals surface area (Å²) in [5.74, 6) is -1.09. The van der Waals surface area contributed by atoms with Crippen molar-refractivity contribution < 1.29 is 22.8 Å². The Morgan fingerprint density at radius 2 is 1.56 bits per heavy atom. The lowest BCUT2D eigenvalue weighted by Gasteiger charge is -2.22. The number of hydrogen-bond acceptors (Lipinski definition) is 6. The molecule has 3 aromatic carbocycles. The monoisotopic (exact) mass is 570 g/mol. The van der Waals surface area contributed by atoms with Crippen LogP contribution >= 0.6 is 12.4 Å². The molecule has 0 atom stereocenters. The highest BCUT2D eigenvalue weighted by molar-refractivity contribution is 7.92. The van der Waals surface area contributed by atoms with Crippen LogP contribution in [0.3, 0.4) is 0 Å². The SMILES string of the molecule is Cl.NC(=O)c1ccc(S(=O)(=O)Nc2ccccc2C(=O)c2ccccc2)c(CC(=O)NCC2CCNCC2)c1. The van der Waals surface area contributed by atoms with Crippen molar-refractivity contribution in [1.82, 2.24) is 10.6 Å². The van der Waals surface area contributed by atoms with Gasteiger partial charge < -0.3 is 16.4 Å². The molecule has 1 aliphatic rings. The minimum absolute atomic E-state index is 0. The molecule has 0 bridgehead atoms. The molecule has 5 N–H and O–H groups in total. The van der Waals surface area contributed by atoms with Gasteiger partial charge in [-0.25, -0.2) is 8.42 Å². The van der Waals surface area contributed by atoms with Crippen molar-refractivity contribution >= 4 is 45.7 Å². The summed E-state index contributed by atoms with van der Waals surface area (Å²) in [6.45, 7) is 2.28. The summed E-state index contributed by atoms with van der Waals surface area (Å²) < 4.78 is 29.5. The van der Waals surface area contributed by atoms with E-state index in [1.54, 1.807) is 48.5 Å². The van der Waals surface area contributed by atoms with E-state index in [-0.39, 0.29) is 57.8 Å². The van der Waals surface area contributed by atoms with E-state index in [1.165, 1.54) is 24.3 Å². The molecule has 2 amide bonds. The third kappa shape index (κ3) is 7.66. The Kier molecular flexibility index (Phi) is 10.2. The van der Waals surface area contributed by atoms with E-state index in [4.69, 9.17) is 5.73 Å². The summed E-state index contributed by atoms with van der Waals surface area (Å²) in [5.41, 5.74) is 6.32. The molecule has 4 rings (SSSR count). The number of amides is 2. The van der Waals surface area contributed by atoms with Crippen molar-refractivity contribution in [3.63, 3.8) is 0 Å². The van der Waals surface area contributed by atoms with Crippen molar-refractivity contribution in [3.8, 4) is 0 Å². The molecule has 1 fully saturated rings. The highest BCUT2D eigenvalue weighted by Crippen LogP contribution is 2.25. The maximum Gasteiger partial charge on any atom is 0.262 e. The zero-order chi connectivity index (χ0) is 27.1. The Balaban J connectivity index is 0.00000420. The summed E-state index contributed by atoms with van der Waals surface area (Å²) in [7, 11) is -4.25. The average Bonchev–Trinajstić information content (AvgIpc) is 2.92. The first-order valence-corrected chi connectivity index (χ1v) is 13.8. The lowest BCUT2D eigenvalue weighted by molar-refractivity contribution is -0.120. The lowest BCUT2D eigenvalue weighted by atomic mass is 9.98. The normalized spacial score (nSPS) is 13.6. The first-order valence-electron chi connectivity index (χ1n) is 12.4. The largest absolute Gasteiger partial charge is 0.366 e. The number of carbonyl (C=O) groups excluding carboxylic acids is 3. The Labute approximate surface area is 234 Å². The van der Waals surface area contributed by atoms with Gasteiger partial charge in [0.05, 0.1) is 17.0 Å². The number of benzene rings is 3. The van der Waals surface area contributed by atoms with Crippen LogP contribution in [0, 0.1) is 5.92 Å². The van der Waals surface area contributed by atoms with E-state index < -0.39 is 15.9 Å². The van der Waals surface area contributed by atoms with Crippen LogP contribution in [0.25, 0.3) is 0 Å². The molecule has 0 spiro atoms. The molecule has 3 aromatic rings. The quantitative estimate of drug-likeness (QED) is 0.276. The number of anilines is 1. The van der Waals surface area contributed by atoms with Crippen molar-refractivity contribution in [2.45, 2.75) is 24.2 Å². The highest BCUT2D eigenvalue weighted by Gasteiger charge is 2.24. The number of para-hydroxylation sites is 1. The van der Waals surface area contributed by atoms with Gasteiger partial charge in [0, 0.05) is 23.2 Å². The van der Waals surface area contributed by atoms with Gasteiger partial charge in [0.1, 0.15) is 0 Å². The molecule has 1 heterocycles. The zero-order valence-corrected chi connectivity index (χ0v) is 22.8. The zero-order valence-electron chi connectivity index (χ0n) is 21.2. The summed E-state index contributed by atoms with van der Waals surface area (Å²) in [6.07, 6.45) is 1.64. The number of nitrogens with one attached hydrogen (secondary N) is 3. The molecule has 11 heteroatoms. The number of primary amides is 1. The second kappa shape index (κ2) is 13.4. The molecule has 0 saturated carbocycles. The number of nitrogens with two attached hydrogens (primary N) is 1. The summed E-state index contributed by atoms with van der Waals surface area (Å²) in [5, 5.41) is 6.15. The Bertz CT molecular complexity index is 1440. The van der Waals surface area contributed by atoms with Gasteiger partial charge in [-0.15, -0.1) is 12.4 Å². The van der Waals surface area contributed by atoms with Gasteiger partial charge in [0.25, 0.3) is 10.0 Å². The van der Waals surface area contributed by atoms with Gasteiger partial charge in [0.2, 0.25) is 11.8 Å². The van der Waals surface area contributed by atoms with Crippen molar-refractivity contribution in [2.75, 3.05) is 24.4 Å². The number of ketones is 1. The Morgan fingerprint density at radius 3 is 2.26 bits per heavy atom. The summed E-state index contributed by atoms with van der Waals surface area (Å²) >= 11 is 0. The second-order valence-corrected chi connectivity index (χ2v) is 10.9. The molecule has 39 heavy (non-hydrogen) atoms. The molecule has 0 aliphatic carbocycles. The molecular weight excluding hydrogens is 540 g/mol. The summed E-state index contributed by atoms with van der Waals surface area (Å²) in [6, 6.07) is 18.7. The molecule has 206 valence electrons. The third-order valence-electron chi connectivity index (χ3n) is 6.48. The minimum Gasteiger partial charge on any atom is -0.366 e. The third-order valence-corrected chi connectivity index (χ3v) is 7.95. The van der Waals surface area contributed by atoms with E-state index in [0.29, 0.717) is 18.0 Å². The van der Waals surface area contributed by atoms with Gasteiger partial charge in [0.15, 0.2) is 5.78 Å². The Hall–Kier alpha value is -3.73. The number of halogens is 1. The molecule has 9 nitrogen and oxygen atoms in total. The van der Waals surface area contributed by atoms with Crippen molar-refractivity contribution in [2.24, 2.45) is 11.7 Å². The van der Waals surface area contributed by atoms with E-state index in [1.807, 2.05) is 0 Å². The minimum atomic E-state index is -4.25. The maximum absolute atomic E-state index is 13.5. The number of rotatable bonds is 10. The fraction of sp³-hybridized carbons (Fsp3) is 0.250. The molecular formula is C28H31ClN4O5S. The topological polar surface area (TPSA) is 147 Å². The van der Waals surface area contributed by atoms with E-state index in [9.17, 15) is 22.8 Å². The predicted octanol–water partition coefficient (Wildman–Crippen LogP) is 2.90. The fourth-order valence-corrected chi connectivity index (χ4v) is 5.73. The van der Waals surface area contributed by atoms with Crippen molar-refractivity contribution in [3.05, 3.63) is 95.1 Å². The van der Waals surface area contributed by atoms with Crippen molar-refractivity contribution in [1.29, 1.82) is 0 Å². The second-order valence-electron chi connectivity index (χ2n) is 9.21. The van der Waals surface area contributed by atoms with Crippen LogP contribution in [0.2, 0.25) is 0 Å². The predicted molar refractivity (Wildman–Crippen MR) is 152 cm³/mol. The molecule has 1 aliphatic heterocycles. The van der Waals surface area contributed by atoms with Gasteiger partial charge >= 0.3 is 0 Å². The lowest BCUT2D eigenvalue weighted by Crippen LogP contribution is -2.36. The summed E-state index contributed by atoms with van der Waals surface area (Å²) in [4.78, 5) is 37.5. The molecule has 0 unspecified atom stereocenters. The molecule has 0 radical (unpaired) electrons. The van der Waals surface area contributed by atoms with Gasteiger partial charge in [-0.05, 0) is 67.7 Å². The molecule has 1 saturated heterocycles. The van der Waals surface area contributed by atoms with Gasteiger partial charge in [-0.2, -0.15) is 0 Å². The number of carbonyl (C=O) groups is 3. The van der Waals surface area contributed by atoms with Crippen LogP contribution in [0.1, 0.15) is 44.7 Å².